The zero-order valence-corrected chi connectivity index (χ0v) is 18.7. The molecule has 1 saturated heterocycles. The number of carbonyl (C=O) groups excluding carboxylic acids is 1. The van der Waals surface area contributed by atoms with Crippen LogP contribution in [0.1, 0.15) is 37.0 Å². The minimum absolute atomic E-state index is 0.0250. The van der Waals surface area contributed by atoms with Crippen LogP contribution >= 0.6 is 0 Å². The van der Waals surface area contributed by atoms with Gasteiger partial charge in [-0.15, -0.1) is 0 Å². The van der Waals surface area contributed by atoms with Gasteiger partial charge in [-0.2, -0.15) is 0 Å². The van der Waals surface area contributed by atoms with E-state index >= 15 is 0 Å². The van der Waals surface area contributed by atoms with E-state index < -0.39 is 0 Å². The normalized spacial score (nSPS) is 19.6. The average Bonchev–Trinajstić information content (AvgIpc) is 3.12. The van der Waals surface area contributed by atoms with Crippen molar-refractivity contribution in [1.82, 2.24) is 14.7 Å². The Morgan fingerprint density at radius 2 is 1.87 bits per heavy atom. The van der Waals surface area contributed by atoms with Gasteiger partial charge in [-0.3, -0.25) is 0 Å². The third kappa shape index (κ3) is 5.18. The third-order valence-electron chi connectivity index (χ3n) is 6.07. The number of ether oxygens (including phenoxy) is 1. The third-order valence-corrected chi connectivity index (χ3v) is 6.07. The largest absolute Gasteiger partial charge is 0.493 e. The van der Waals surface area contributed by atoms with Gasteiger partial charge in [0.05, 0.1) is 6.61 Å². The number of urea groups is 1. The zero-order valence-electron chi connectivity index (χ0n) is 18.7. The smallest absolute Gasteiger partial charge is 0.321 e. The van der Waals surface area contributed by atoms with Gasteiger partial charge in [-0.1, -0.05) is 32.0 Å². The van der Waals surface area contributed by atoms with Crippen molar-refractivity contribution in [1.29, 1.82) is 0 Å². The van der Waals surface area contributed by atoms with E-state index in [2.05, 4.69) is 25.8 Å². The highest BCUT2D eigenvalue weighted by atomic mass is 19.1. The standard InChI is InChI=1S/C25H32FN3O2/c1-18(2)17-31-24-8-4-19(5-9-24)13-28-14-20-6-7-22(26)12-21(20)15-29(25(28)30)23-10-11-27(3)16-23/h4-9,12,18,23H,10-11,13-17H2,1-3H3. The Balaban J connectivity index is 1.55. The van der Waals surface area contributed by atoms with Gasteiger partial charge in [-0.25, -0.2) is 9.18 Å². The number of benzene rings is 2. The maximum absolute atomic E-state index is 13.9. The van der Waals surface area contributed by atoms with Crippen LogP contribution in [-0.4, -0.2) is 53.5 Å². The van der Waals surface area contributed by atoms with Gasteiger partial charge in [0.1, 0.15) is 11.6 Å². The maximum Gasteiger partial charge on any atom is 0.321 e. The van der Waals surface area contributed by atoms with Crippen molar-refractivity contribution < 1.29 is 13.9 Å². The summed E-state index contributed by atoms with van der Waals surface area (Å²) in [5.41, 5.74) is 2.97. The lowest BCUT2D eigenvalue weighted by Crippen LogP contribution is -2.46. The van der Waals surface area contributed by atoms with E-state index in [1.165, 1.54) is 6.07 Å². The first kappa shape index (κ1) is 21.6. The molecule has 1 atom stereocenters. The highest BCUT2D eigenvalue weighted by molar-refractivity contribution is 5.76. The molecule has 2 aromatic rings. The fourth-order valence-electron chi connectivity index (χ4n) is 4.35. The number of amides is 2. The van der Waals surface area contributed by atoms with Crippen molar-refractivity contribution in [2.75, 3.05) is 26.7 Å². The van der Waals surface area contributed by atoms with Gasteiger partial charge in [0.2, 0.25) is 0 Å². The van der Waals surface area contributed by atoms with E-state index in [-0.39, 0.29) is 17.9 Å². The summed E-state index contributed by atoms with van der Waals surface area (Å²) in [6.07, 6.45) is 0.947. The van der Waals surface area contributed by atoms with E-state index in [4.69, 9.17) is 4.74 Å². The van der Waals surface area contributed by atoms with Crippen LogP contribution in [0.15, 0.2) is 42.5 Å². The minimum Gasteiger partial charge on any atom is -0.493 e. The molecule has 0 bridgehead atoms. The summed E-state index contributed by atoms with van der Waals surface area (Å²) < 4.78 is 19.7. The first-order valence-corrected chi connectivity index (χ1v) is 11.1. The predicted octanol–water partition coefficient (Wildman–Crippen LogP) is 4.50. The van der Waals surface area contributed by atoms with E-state index in [0.29, 0.717) is 32.2 Å². The number of likely N-dealkylation sites (N-methyl/N-ethyl adjacent to an activating group) is 1. The highest BCUT2D eigenvalue weighted by Gasteiger charge is 2.34. The monoisotopic (exact) mass is 425 g/mol. The van der Waals surface area contributed by atoms with Crippen LogP contribution in [0.25, 0.3) is 0 Å². The van der Waals surface area contributed by atoms with Crippen LogP contribution in [0.4, 0.5) is 9.18 Å². The Hall–Kier alpha value is -2.60. The molecule has 2 aromatic carbocycles. The maximum atomic E-state index is 13.9. The molecule has 5 nitrogen and oxygen atoms in total. The van der Waals surface area contributed by atoms with Gasteiger partial charge in [0, 0.05) is 32.2 Å². The van der Waals surface area contributed by atoms with E-state index in [1.807, 2.05) is 40.1 Å². The zero-order chi connectivity index (χ0) is 22.0. The highest BCUT2D eigenvalue weighted by Crippen LogP contribution is 2.27. The van der Waals surface area contributed by atoms with Crippen molar-refractivity contribution in [3.05, 3.63) is 65.0 Å². The molecular formula is C25H32FN3O2. The SMILES string of the molecule is CC(C)COc1ccc(CN2Cc3ccc(F)cc3CN(C3CCN(C)C3)C2=O)cc1. The lowest BCUT2D eigenvalue weighted by molar-refractivity contribution is 0.131. The van der Waals surface area contributed by atoms with Crippen molar-refractivity contribution in [3.63, 3.8) is 0 Å². The topological polar surface area (TPSA) is 36.0 Å². The summed E-state index contributed by atoms with van der Waals surface area (Å²) in [5, 5.41) is 0. The number of fused-ring (bicyclic) bond motifs is 1. The van der Waals surface area contributed by atoms with Crippen LogP contribution < -0.4 is 4.74 Å². The molecule has 6 heteroatoms. The molecule has 0 N–H and O–H groups in total. The number of nitrogens with zero attached hydrogens (tertiary/aromatic N) is 3. The number of carbonyl (C=O) groups is 1. The van der Waals surface area contributed by atoms with Crippen LogP contribution in [0.2, 0.25) is 0 Å². The summed E-state index contributed by atoms with van der Waals surface area (Å²) >= 11 is 0. The van der Waals surface area contributed by atoms with Crippen molar-refractivity contribution in [2.24, 2.45) is 5.92 Å². The van der Waals surface area contributed by atoms with Gasteiger partial charge in [0.15, 0.2) is 0 Å². The second-order valence-electron chi connectivity index (χ2n) is 9.23. The van der Waals surface area contributed by atoms with Crippen LogP contribution in [0.3, 0.4) is 0 Å². The molecule has 0 radical (unpaired) electrons. The molecule has 2 aliphatic heterocycles. The number of halogens is 1. The summed E-state index contributed by atoms with van der Waals surface area (Å²) in [6, 6.07) is 13.0. The molecule has 0 aliphatic carbocycles. The Bertz CT molecular complexity index is 915. The quantitative estimate of drug-likeness (QED) is 0.684. The number of rotatable bonds is 6. The predicted molar refractivity (Wildman–Crippen MR) is 119 cm³/mol. The van der Waals surface area contributed by atoms with E-state index in [0.717, 1.165) is 42.0 Å². The fraction of sp³-hybridized carbons (Fsp3) is 0.480. The second-order valence-corrected chi connectivity index (χ2v) is 9.23. The lowest BCUT2D eigenvalue weighted by Gasteiger charge is -2.32. The molecule has 31 heavy (non-hydrogen) atoms. The molecule has 1 unspecified atom stereocenters. The first-order valence-electron chi connectivity index (χ1n) is 11.1. The lowest BCUT2D eigenvalue weighted by atomic mass is 10.1. The second kappa shape index (κ2) is 9.27. The van der Waals surface area contributed by atoms with Crippen molar-refractivity contribution in [3.8, 4) is 5.75 Å². The number of hydrogen-bond donors (Lipinski definition) is 0. The summed E-state index contributed by atoms with van der Waals surface area (Å²) in [7, 11) is 2.08. The summed E-state index contributed by atoms with van der Waals surface area (Å²) in [6.45, 7) is 8.21. The summed E-state index contributed by atoms with van der Waals surface area (Å²) in [4.78, 5) is 19.6. The average molecular weight is 426 g/mol. The summed E-state index contributed by atoms with van der Waals surface area (Å²) in [5.74, 6) is 1.07. The van der Waals surface area contributed by atoms with Crippen molar-refractivity contribution in [2.45, 2.75) is 45.9 Å². The van der Waals surface area contributed by atoms with Gasteiger partial charge < -0.3 is 19.4 Å². The Labute approximate surface area is 184 Å². The van der Waals surface area contributed by atoms with Gasteiger partial charge >= 0.3 is 6.03 Å². The first-order chi connectivity index (χ1) is 14.9. The number of hydrogen-bond acceptors (Lipinski definition) is 3. The minimum atomic E-state index is -0.250. The molecule has 0 aromatic heterocycles. The Morgan fingerprint density at radius 1 is 1.10 bits per heavy atom. The molecular weight excluding hydrogens is 393 g/mol. The van der Waals surface area contributed by atoms with Crippen LogP contribution in [0.5, 0.6) is 5.75 Å². The molecule has 0 spiro atoms. The molecule has 2 amide bonds. The molecule has 2 heterocycles. The van der Waals surface area contributed by atoms with E-state index in [1.54, 1.807) is 6.07 Å². The molecule has 4 rings (SSSR count). The molecule has 2 aliphatic rings. The van der Waals surface area contributed by atoms with Crippen molar-refractivity contribution >= 4 is 6.03 Å². The Morgan fingerprint density at radius 3 is 2.55 bits per heavy atom. The number of likely N-dealkylation sites (tertiary alicyclic amines) is 1. The van der Waals surface area contributed by atoms with Crippen LogP contribution in [0, 0.1) is 11.7 Å². The van der Waals surface area contributed by atoms with Gasteiger partial charge in [-0.05, 0) is 66.9 Å². The van der Waals surface area contributed by atoms with Gasteiger partial charge in [0.25, 0.3) is 0 Å². The molecule has 166 valence electrons. The fourth-order valence-corrected chi connectivity index (χ4v) is 4.35. The Kier molecular flexibility index (Phi) is 6.46. The molecule has 0 saturated carbocycles. The van der Waals surface area contributed by atoms with E-state index in [9.17, 15) is 9.18 Å². The van der Waals surface area contributed by atoms with Crippen LogP contribution in [-0.2, 0) is 19.6 Å². The molecule has 1 fully saturated rings.